The molecule has 1 atom stereocenters. The molecule has 0 aliphatic carbocycles. The summed E-state index contributed by atoms with van der Waals surface area (Å²) in [6.45, 7) is 0.840. The lowest BCUT2D eigenvalue weighted by Gasteiger charge is -2.21. The fourth-order valence-electron chi connectivity index (χ4n) is 3.52. The van der Waals surface area contributed by atoms with Gasteiger partial charge in [-0.1, -0.05) is 0 Å². The Labute approximate surface area is 191 Å². The number of aliphatic hydroxyl groups excluding tert-OH is 1. The number of nitrogens with zero attached hydrogens (tertiary/aromatic N) is 3. The Morgan fingerprint density at radius 1 is 1.18 bits per heavy atom. The van der Waals surface area contributed by atoms with Gasteiger partial charge in [-0.05, 0) is 42.8 Å². The number of carbonyl (C=O) groups is 1. The van der Waals surface area contributed by atoms with Crippen LogP contribution in [-0.4, -0.2) is 46.5 Å². The van der Waals surface area contributed by atoms with E-state index in [4.69, 9.17) is 5.73 Å². The number of nitrogens with one attached hydrogen (secondary N) is 1. The summed E-state index contributed by atoms with van der Waals surface area (Å²) in [5.74, 6) is -1.59. The number of rotatable bonds is 5. The lowest BCUT2D eigenvalue weighted by molar-refractivity contribution is -0.274. The van der Waals surface area contributed by atoms with Gasteiger partial charge in [0.1, 0.15) is 11.6 Å². The van der Waals surface area contributed by atoms with E-state index in [1.165, 1.54) is 36.7 Å². The van der Waals surface area contributed by atoms with E-state index in [1.54, 1.807) is 0 Å². The molecule has 3 heterocycles. The molecule has 3 aromatic rings. The molecule has 1 aliphatic heterocycles. The van der Waals surface area contributed by atoms with Gasteiger partial charge in [0.15, 0.2) is 11.6 Å². The van der Waals surface area contributed by atoms with Crippen molar-refractivity contribution in [3.63, 3.8) is 0 Å². The summed E-state index contributed by atoms with van der Waals surface area (Å²) in [4.78, 5) is 22.8. The van der Waals surface area contributed by atoms with Gasteiger partial charge in [-0.2, -0.15) is 0 Å². The second kappa shape index (κ2) is 9.14. The molecule has 0 spiro atoms. The third kappa shape index (κ3) is 5.34. The number of β-amino-alcohol motifs (C(OH)–C–C–N with tert-alkyl or cyclic N) is 1. The van der Waals surface area contributed by atoms with Crippen LogP contribution < -0.4 is 20.7 Å². The van der Waals surface area contributed by atoms with E-state index in [0.717, 1.165) is 12.1 Å². The molecule has 1 amide bonds. The Hall–Kier alpha value is -3.93. The van der Waals surface area contributed by atoms with Crippen molar-refractivity contribution in [1.82, 2.24) is 9.97 Å². The second-order valence-electron chi connectivity index (χ2n) is 7.60. The highest BCUT2D eigenvalue weighted by molar-refractivity contribution is 6.05. The second-order valence-corrected chi connectivity index (χ2v) is 7.60. The molecule has 34 heavy (non-hydrogen) atoms. The number of alkyl halides is 3. The van der Waals surface area contributed by atoms with Gasteiger partial charge >= 0.3 is 6.36 Å². The van der Waals surface area contributed by atoms with Crippen LogP contribution in [0.4, 0.5) is 34.9 Å². The number of hydrogen-bond donors (Lipinski definition) is 3. The zero-order valence-corrected chi connectivity index (χ0v) is 17.5. The molecule has 1 unspecified atom stereocenters. The average Bonchev–Trinajstić information content (AvgIpc) is 3.21. The number of aliphatic hydroxyl groups is 1. The number of hydrogen-bond acceptors (Lipinski definition) is 7. The highest BCUT2D eigenvalue weighted by Gasteiger charge is 2.31. The van der Waals surface area contributed by atoms with Crippen molar-refractivity contribution in [2.45, 2.75) is 18.9 Å². The van der Waals surface area contributed by atoms with E-state index in [1.807, 2.05) is 4.90 Å². The lowest BCUT2D eigenvalue weighted by Crippen LogP contribution is -2.23. The summed E-state index contributed by atoms with van der Waals surface area (Å²) in [6, 6.07) is 7.32. The molecule has 1 aliphatic rings. The maximum Gasteiger partial charge on any atom is 0.573 e. The van der Waals surface area contributed by atoms with Crippen molar-refractivity contribution in [1.29, 1.82) is 0 Å². The zero-order valence-electron chi connectivity index (χ0n) is 17.5. The fraction of sp³-hybridized carbons (Fsp3) is 0.227. The van der Waals surface area contributed by atoms with Crippen LogP contribution in [0.5, 0.6) is 5.75 Å². The predicted molar refractivity (Wildman–Crippen MR) is 116 cm³/mol. The van der Waals surface area contributed by atoms with Crippen LogP contribution in [0.2, 0.25) is 0 Å². The number of carbonyl (C=O) groups excluding carboxylic acids is 1. The van der Waals surface area contributed by atoms with Crippen LogP contribution >= 0.6 is 0 Å². The van der Waals surface area contributed by atoms with Crippen LogP contribution in [-0.2, 0) is 0 Å². The summed E-state index contributed by atoms with van der Waals surface area (Å²) in [6.07, 6.45) is -2.15. The largest absolute Gasteiger partial charge is 0.573 e. The first-order chi connectivity index (χ1) is 16.1. The quantitative estimate of drug-likeness (QED) is 0.482. The fourth-order valence-corrected chi connectivity index (χ4v) is 3.52. The molecule has 1 saturated heterocycles. The molecule has 1 aromatic carbocycles. The summed E-state index contributed by atoms with van der Waals surface area (Å²) >= 11 is 0. The monoisotopic (exact) mass is 477 g/mol. The number of aromatic nitrogens is 2. The summed E-state index contributed by atoms with van der Waals surface area (Å²) in [5.41, 5.74) is 6.56. The number of pyridine rings is 2. The molecule has 0 bridgehead atoms. The van der Waals surface area contributed by atoms with Crippen molar-refractivity contribution in [2.75, 3.05) is 29.0 Å². The van der Waals surface area contributed by atoms with E-state index in [9.17, 15) is 27.5 Å². The van der Waals surface area contributed by atoms with E-state index < -0.39 is 29.9 Å². The topological polar surface area (TPSA) is 114 Å². The number of anilines is 3. The van der Waals surface area contributed by atoms with Crippen LogP contribution in [0.25, 0.3) is 11.1 Å². The van der Waals surface area contributed by atoms with E-state index in [0.29, 0.717) is 36.5 Å². The number of nitrogen functional groups attached to an aromatic ring is 1. The van der Waals surface area contributed by atoms with E-state index in [-0.39, 0.29) is 17.1 Å². The van der Waals surface area contributed by atoms with Crippen LogP contribution in [0.15, 0.2) is 48.8 Å². The van der Waals surface area contributed by atoms with E-state index >= 15 is 0 Å². The minimum absolute atomic E-state index is 0.117. The minimum atomic E-state index is -4.82. The molecule has 1 fully saturated rings. The molecular weight excluding hydrogens is 458 g/mol. The normalized spacial score (nSPS) is 15.9. The molecule has 4 rings (SSSR count). The standard InChI is InChI=1S/C22H19F4N5O3/c23-18-8-12(9-28-19(18)27)17-7-13(10-29-20(17)31-6-5-15(32)11-31)21(33)30-14-1-3-16(4-2-14)34-22(24,25)26/h1-4,7-10,15,32H,5-6,11H2,(H2,27,28)(H,30,33). The molecule has 4 N–H and O–H groups in total. The van der Waals surface area contributed by atoms with Crippen molar-refractivity contribution < 1.29 is 32.2 Å². The van der Waals surface area contributed by atoms with Gasteiger partial charge in [0.25, 0.3) is 5.91 Å². The van der Waals surface area contributed by atoms with Gasteiger partial charge in [0.2, 0.25) is 0 Å². The number of nitrogens with two attached hydrogens (primary N) is 1. The van der Waals surface area contributed by atoms with Gasteiger partial charge in [0, 0.05) is 42.3 Å². The molecular formula is C22H19F4N5O3. The third-order valence-electron chi connectivity index (χ3n) is 5.12. The van der Waals surface area contributed by atoms with Crippen molar-refractivity contribution in [2.24, 2.45) is 0 Å². The van der Waals surface area contributed by atoms with Gasteiger partial charge < -0.3 is 25.8 Å². The van der Waals surface area contributed by atoms with Gasteiger partial charge in [0.05, 0.1) is 11.7 Å². The lowest BCUT2D eigenvalue weighted by atomic mass is 10.1. The first kappa shape index (κ1) is 23.2. The average molecular weight is 477 g/mol. The van der Waals surface area contributed by atoms with E-state index in [2.05, 4.69) is 20.0 Å². The molecule has 2 aromatic heterocycles. The Morgan fingerprint density at radius 3 is 2.53 bits per heavy atom. The predicted octanol–water partition coefficient (Wildman–Crippen LogP) is 3.59. The van der Waals surface area contributed by atoms with Crippen molar-refractivity contribution in [3.8, 4) is 16.9 Å². The van der Waals surface area contributed by atoms with Crippen LogP contribution in [0.3, 0.4) is 0 Å². The first-order valence-corrected chi connectivity index (χ1v) is 10.1. The van der Waals surface area contributed by atoms with Crippen LogP contribution in [0, 0.1) is 5.82 Å². The smallest absolute Gasteiger partial charge is 0.406 e. The Bertz CT molecular complexity index is 1200. The zero-order chi connectivity index (χ0) is 24.5. The first-order valence-electron chi connectivity index (χ1n) is 10.1. The van der Waals surface area contributed by atoms with Crippen LogP contribution in [0.1, 0.15) is 16.8 Å². The molecule has 8 nitrogen and oxygen atoms in total. The maximum atomic E-state index is 14.1. The Kier molecular flexibility index (Phi) is 6.24. The molecule has 0 saturated carbocycles. The van der Waals surface area contributed by atoms with Gasteiger partial charge in [-0.15, -0.1) is 13.2 Å². The molecule has 0 radical (unpaired) electrons. The molecule has 12 heteroatoms. The van der Waals surface area contributed by atoms with Gasteiger partial charge in [-0.3, -0.25) is 4.79 Å². The highest BCUT2D eigenvalue weighted by Crippen LogP contribution is 2.33. The summed E-state index contributed by atoms with van der Waals surface area (Å²) in [7, 11) is 0. The third-order valence-corrected chi connectivity index (χ3v) is 5.12. The van der Waals surface area contributed by atoms with Crippen molar-refractivity contribution >= 4 is 23.2 Å². The molecule has 178 valence electrons. The minimum Gasteiger partial charge on any atom is -0.406 e. The summed E-state index contributed by atoms with van der Waals surface area (Å²) < 4.78 is 54.8. The number of benzene rings is 1. The van der Waals surface area contributed by atoms with Gasteiger partial charge in [-0.25, -0.2) is 14.4 Å². The number of ether oxygens (including phenoxy) is 1. The Balaban J connectivity index is 1.62. The Morgan fingerprint density at radius 2 is 1.91 bits per heavy atom. The van der Waals surface area contributed by atoms with Crippen molar-refractivity contribution in [3.05, 3.63) is 60.2 Å². The summed E-state index contributed by atoms with van der Waals surface area (Å²) in [5, 5.41) is 12.5. The maximum absolute atomic E-state index is 14.1. The number of halogens is 4. The number of amides is 1. The highest BCUT2D eigenvalue weighted by atomic mass is 19.4. The SMILES string of the molecule is Nc1ncc(-c2cc(C(=O)Nc3ccc(OC(F)(F)F)cc3)cnc2N2CCC(O)C2)cc1F.